The van der Waals surface area contributed by atoms with Gasteiger partial charge in [-0.2, -0.15) is 13.5 Å². The van der Waals surface area contributed by atoms with Gasteiger partial charge in [-0.1, -0.05) is 26.8 Å². The van der Waals surface area contributed by atoms with Crippen molar-refractivity contribution in [2.75, 3.05) is 0 Å². The zero-order chi connectivity index (χ0) is 15.8. The molecule has 2 N–H and O–H groups in total. The van der Waals surface area contributed by atoms with Crippen LogP contribution in [0, 0.1) is 5.41 Å². The lowest BCUT2D eigenvalue weighted by Crippen LogP contribution is -2.48. The predicted octanol–water partition coefficient (Wildman–Crippen LogP) is 1.47. The molecule has 7 nitrogen and oxygen atoms in total. The number of fused-ring (bicyclic) bond motifs is 1. The maximum absolute atomic E-state index is 12.5. The largest absolute Gasteiger partial charge is 0.480 e. The SMILES string of the molecule is CC(C)(C)[C@@H](NS(=O)(=O)c1cccc2nsnc12)C(=O)O. The Morgan fingerprint density at radius 2 is 2.00 bits per heavy atom. The molecular weight excluding hydrogens is 314 g/mol. The van der Waals surface area contributed by atoms with E-state index < -0.39 is 27.4 Å². The number of carboxylic acid groups (broad SMARTS) is 1. The molecule has 0 saturated heterocycles. The second-order valence-corrected chi connectivity index (χ2v) is 7.86. The Morgan fingerprint density at radius 1 is 1.33 bits per heavy atom. The van der Waals surface area contributed by atoms with Gasteiger partial charge < -0.3 is 5.11 Å². The molecule has 0 radical (unpaired) electrons. The van der Waals surface area contributed by atoms with E-state index in [1.807, 2.05) is 0 Å². The van der Waals surface area contributed by atoms with Crippen molar-refractivity contribution in [2.45, 2.75) is 31.7 Å². The van der Waals surface area contributed by atoms with Crippen LogP contribution in [0.1, 0.15) is 20.8 Å². The van der Waals surface area contributed by atoms with E-state index in [1.165, 1.54) is 6.07 Å². The lowest BCUT2D eigenvalue weighted by atomic mass is 9.88. The number of nitrogens with zero attached hydrogens (tertiary/aromatic N) is 2. The van der Waals surface area contributed by atoms with Crippen LogP contribution in [-0.2, 0) is 14.8 Å². The molecule has 0 saturated carbocycles. The molecule has 1 aromatic heterocycles. The summed E-state index contributed by atoms with van der Waals surface area (Å²) in [6.07, 6.45) is 0. The summed E-state index contributed by atoms with van der Waals surface area (Å²) in [5.74, 6) is -1.23. The average molecular weight is 329 g/mol. The van der Waals surface area contributed by atoms with Crippen LogP contribution in [0.15, 0.2) is 23.1 Å². The highest BCUT2D eigenvalue weighted by atomic mass is 32.2. The fraction of sp³-hybridized carbons (Fsp3) is 0.417. The molecule has 0 aliphatic heterocycles. The lowest BCUT2D eigenvalue weighted by molar-refractivity contribution is -0.141. The third-order valence-corrected chi connectivity index (χ3v) is 4.92. The molecule has 1 aromatic carbocycles. The number of sulfonamides is 1. The molecule has 1 atom stereocenters. The molecule has 0 aliphatic rings. The molecule has 0 aliphatic carbocycles. The Bertz CT molecular complexity index is 777. The third-order valence-electron chi connectivity index (χ3n) is 2.92. The summed E-state index contributed by atoms with van der Waals surface area (Å²) in [5, 5.41) is 9.24. The Morgan fingerprint density at radius 3 is 2.57 bits per heavy atom. The Labute approximate surface area is 126 Å². The first-order chi connectivity index (χ1) is 9.63. The van der Waals surface area contributed by atoms with Gasteiger partial charge >= 0.3 is 5.97 Å². The fourth-order valence-electron chi connectivity index (χ4n) is 1.81. The number of carbonyl (C=O) groups is 1. The number of aromatic nitrogens is 2. The molecule has 114 valence electrons. The molecule has 0 spiro atoms. The van der Waals surface area contributed by atoms with E-state index in [0.29, 0.717) is 5.52 Å². The Kier molecular flexibility index (Phi) is 4.00. The van der Waals surface area contributed by atoms with E-state index in [0.717, 1.165) is 11.7 Å². The van der Waals surface area contributed by atoms with Gasteiger partial charge in [-0.15, -0.1) is 0 Å². The first-order valence-electron chi connectivity index (χ1n) is 6.09. The highest BCUT2D eigenvalue weighted by molar-refractivity contribution is 7.89. The van der Waals surface area contributed by atoms with E-state index in [1.54, 1.807) is 32.9 Å². The highest BCUT2D eigenvalue weighted by Gasteiger charge is 2.36. The lowest BCUT2D eigenvalue weighted by Gasteiger charge is -2.27. The maximum Gasteiger partial charge on any atom is 0.322 e. The predicted molar refractivity (Wildman–Crippen MR) is 78.6 cm³/mol. The van der Waals surface area contributed by atoms with Crippen LogP contribution in [0.2, 0.25) is 0 Å². The number of carboxylic acids is 1. The summed E-state index contributed by atoms with van der Waals surface area (Å²) in [4.78, 5) is 11.3. The standard InChI is InChI=1S/C12H15N3O4S2/c1-12(2,3)10(11(16)17)15-21(18,19)8-6-4-5-7-9(8)14-20-13-7/h4-6,10,15H,1-3H3,(H,16,17)/t10-/m0/s1. The van der Waals surface area contributed by atoms with Crippen molar-refractivity contribution < 1.29 is 18.3 Å². The van der Waals surface area contributed by atoms with Gasteiger partial charge in [0, 0.05) is 0 Å². The summed E-state index contributed by atoms with van der Waals surface area (Å²) in [5.41, 5.74) is -0.0637. The van der Waals surface area contributed by atoms with Crippen LogP contribution in [0.3, 0.4) is 0 Å². The maximum atomic E-state index is 12.5. The van der Waals surface area contributed by atoms with E-state index >= 15 is 0 Å². The highest BCUT2D eigenvalue weighted by Crippen LogP contribution is 2.25. The van der Waals surface area contributed by atoms with Gasteiger partial charge in [0.05, 0.1) is 11.7 Å². The summed E-state index contributed by atoms with van der Waals surface area (Å²) in [6.45, 7) is 4.96. The number of nitrogens with one attached hydrogen (secondary N) is 1. The quantitative estimate of drug-likeness (QED) is 0.879. The molecule has 0 fully saturated rings. The molecule has 21 heavy (non-hydrogen) atoms. The van der Waals surface area contributed by atoms with E-state index in [4.69, 9.17) is 0 Å². The minimum atomic E-state index is -4.01. The second kappa shape index (κ2) is 5.32. The van der Waals surface area contributed by atoms with Crippen molar-refractivity contribution in [1.82, 2.24) is 13.5 Å². The zero-order valence-electron chi connectivity index (χ0n) is 11.7. The average Bonchev–Trinajstić information content (AvgIpc) is 2.82. The van der Waals surface area contributed by atoms with Crippen LogP contribution in [0.25, 0.3) is 11.0 Å². The van der Waals surface area contributed by atoms with Crippen LogP contribution in [-0.4, -0.2) is 34.3 Å². The van der Waals surface area contributed by atoms with Crippen LogP contribution in [0.5, 0.6) is 0 Å². The second-order valence-electron chi connectivity index (χ2n) is 5.65. The number of hydrogen-bond acceptors (Lipinski definition) is 6. The minimum Gasteiger partial charge on any atom is -0.480 e. The van der Waals surface area contributed by atoms with Gasteiger partial charge in [0.1, 0.15) is 22.0 Å². The topological polar surface area (TPSA) is 109 Å². The zero-order valence-corrected chi connectivity index (χ0v) is 13.3. The molecular formula is C12H15N3O4S2. The molecule has 0 amide bonds. The minimum absolute atomic E-state index is 0.0655. The number of rotatable bonds is 4. The van der Waals surface area contributed by atoms with Crippen molar-refractivity contribution >= 4 is 38.8 Å². The Balaban J connectivity index is 2.47. The number of aliphatic carboxylic acids is 1. The summed E-state index contributed by atoms with van der Waals surface area (Å²) >= 11 is 0.905. The normalized spacial score (nSPS) is 14.2. The van der Waals surface area contributed by atoms with Gasteiger partial charge in [-0.3, -0.25) is 4.79 Å². The van der Waals surface area contributed by atoms with Gasteiger partial charge in [-0.25, -0.2) is 8.42 Å². The smallest absolute Gasteiger partial charge is 0.322 e. The summed E-state index contributed by atoms with van der Waals surface area (Å²) < 4.78 is 35.1. The van der Waals surface area contributed by atoms with Crippen molar-refractivity contribution in [3.05, 3.63) is 18.2 Å². The first kappa shape index (κ1) is 15.8. The van der Waals surface area contributed by atoms with E-state index in [-0.39, 0.29) is 10.4 Å². The van der Waals surface area contributed by atoms with Gasteiger partial charge in [-0.05, 0) is 17.5 Å². The molecule has 1 heterocycles. The molecule has 0 unspecified atom stereocenters. The monoisotopic (exact) mass is 329 g/mol. The van der Waals surface area contributed by atoms with Gasteiger partial charge in [0.2, 0.25) is 10.0 Å². The molecule has 9 heteroatoms. The molecule has 2 rings (SSSR count). The number of hydrogen-bond donors (Lipinski definition) is 2. The molecule has 2 aromatic rings. The third kappa shape index (κ3) is 3.20. The van der Waals surface area contributed by atoms with Gasteiger partial charge in [0.25, 0.3) is 0 Å². The van der Waals surface area contributed by atoms with Crippen LogP contribution < -0.4 is 4.72 Å². The van der Waals surface area contributed by atoms with Crippen LogP contribution >= 0.6 is 11.7 Å². The summed E-state index contributed by atoms with van der Waals surface area (Å²) in [6, 6.07) is 3.33. The van der Waals surface area contributed by atoms with E-state index in [9.17, 15) is 18.3 Å². The van der Waals surface area contributed by atoms with Crippen molar-refractivity contribution in [2.24, 2.45) is 5.41 Å². The van der Waals surface area contributed by atoms with Crippen molar-refractivity contribution in [3.8, 4) is 0 Å². The Hall–Kier alpha value is -1.58. The fourth-order valence-corrected chi connectivity index (χ4v) is 3.98. The van der Waals surface area contributed by atoms with Crippen molar-refractivity contribution in [1.29, 1.82) is 0 Å². The first-order valence-corrected chi connectivity index (χ1v) is 8.31. The summed E-state index contributed by atoms with van der Waals surface area (Å²) in [7, 11) is -4.01. The molecule has 0 bridgehead atoms. The van der Waals surface area contributed by atoms with Crippen molar-refractivity contribution in [3.63, 3.8) is 0 Å². The van der Waals surface area contributed by atoms with E-state index in [2.05, 4.69) is 13.5 Å². The van der Waals surface area contributed by atoms with Gasteiger partial charge in [0.15, 0.2) is 0 Å². The van der Waals surface area contributed by atoms with Crippen LogP contribution in [0.4, 0.5) is 0 Å². The number of benzene rings is 1.